The highest BCUT2D eigenvalue weighted by Crippen LogP contribution is 2.29. The SMILES string of the molecule is C=CCN(C(C)(C)C)S(=O)(=O)c1ccsc1CNC(C)C. The monoisotopic (exact) mass is 330 g/mol. The molecule has 0 radical (unpaired) electrons. The molecule has 0 saturated carbocycles. The van der Waals surface area contributed by atoms with Crippen molar-refractivity contribution in [3.8, 4) is 0 Å². The zero-order valence-corrected chi connectivity index (χ0v) is 15.1. The van der Waals surface area contributed by atoms with Crippen LogP contribution in [-0.2, 0) is 16.6 Å². The Morgan fingerprint density at radius 1 is 1.43 bits per heavy atom. The molecule has 0 bridgehead atoms. The number of hydrogen-bond donors (Lipinski definition) is 1. The van der Waals surface area contributed by atoms with Gasteiger partial charge in [0.05, 0.1) is 4.90 Å². The van der Waals surface area contributed by atoms with Gasteiger partial charge in [-0.05, 0) is 32.2 Å². The van der Waals surface area contributed by atoms with Gasteiger partial charge in [-0.1, -0.05) is 19.9 Å². The van der Waals surface area contributed by atoms with Gasteiger partial charge >= 0.3 is 0 Å². The highest BCUT2D eigenvalue weighted by molar-refractivity contribution is 7.89. The van der Waals surface area contributed by atoms with Gasteiger partial charge in [-0.25, -0.2) is 8.42 Å². The molecule has 1 heterocycles. The molecular weight excluding hydrogens is 304 g/mol. The summed E-state index contributed by atoms with van der Waals surface area (Å²) < 4.78 is 27.4. The molecule has 1 N–H and O–H groups in total. The molecule has 0 aliphatic heterocycles. The fourth-order valence-electron chi connectivity index (χ4n) is 1.95. The summed E-state index contributed by atoms with van der Waals surface area (Å²) in [6.07, 6.45) is 1.63. The molecule has 0 aliphatic rings. The van der Waals surface area contributed by atoms with E-state index < -0.39 is 15.6 Å². The van der Waals surface area contributed by atoms with Gasteiger partial charge in [-0.3, -0.25) is 0 Å². The molecule has 1 aromatic heterocycles. The normalized spacial score (nSPS) is 13.1. The Hall–Kier alpha value is -0.690. The molecule has 1 rings (SSSR count). The second kappa shape index (κ2) is 7.05. The van der Waals surface area contributed by atoms with E-state index in [1.54, 1.807) is 12.1 Å². The van der Waals surface area contributed by atoms with Gasteiger partial charge in [-0.2, -0.15) is 4.31 Å². The molecule has 6 heteroatoms. The summed E-state index contributed by atoms with van der Waals surface area (Å²) >= 11 is 1.47. The van der Waals surface area contributed by atoms with E-state index in [0.29, 0.717) is 24.0 Å². The van der Waals surface area contributed by atoms with Gasteiger partial charge in [0.1, 0.15) is 0 Å². The van der Waals surface area contributed by atoms with Crippen LogP contribution in [0.4, 0.5) is 0 Å². The van der Waals surface area contributed by atoms with Crippen molar-refractivity contribution in [1.82, 2.24) is 9.62 Å². The van der Waals surface area contributed by atoms with Crippen LogP contribution < -0.4 is 5.32 Å². The summed E-state index contributed by atoms with van der Waals surface area (Å²) in [5.41, 5.74) is -0.488. The first-order valence-corrected chi connectivity index (χ1v) is 9.36. The van der Waals surface area contributed by atoms with Crippen LogP contribution in [0.25, 0.3) is 0 Å². The summed E-state index contributed by atoms with van der Waals surface area (Å²) in [4.78, 5) is 1.25. The predicted octanol–water partition coefficient (Wildman–Crippen LogP) is 3.22. The Labute approximate surface area is 132 Å². The van der Waals surface area contributed by atoms with Crippen LogP contribution in [0.1, 0.15) is 39.5 Å². The quantitative estimate of drug-likeness (QED) is 0.781. The van der Waals surface area contributed by atoms with Crippen molar-refractivity contribution in [2.75, 3.05) is 6.54 Å². The Kier molecular flexibility index (Phi) is 6.16. The molecule has 120 valence electrons. The number of nitrogens with zero attached hydrogens (tertiary/aromatic N) is 1. The van der Waals surface area contributed by atoms with Crippen LogP contribution >= 0.6 is 11.3 Å². The third kappa shape index (κ3) is 4.64. The zero-order chi connectivity index (χ0) is 16.3. The van der Waals surface area contributed by atoms with Crippen molar-refractivity contribution in [3.63, 3.8) is 0 Å². The second-order valence-electron chi connectivity index (χ2n) is 6.24. The molecule has 0 fully saturated rings. The average molecular weight is 331 g/mol. The predicted molar refractivity (Wildman–Crippen MR) is 90.1 cm³/mol. The number of thiophene rings is 1. The van der Waals surface area contributed by atoms with Crippen LogP contribution in [0, 0.1) is 0 Å². The maximum atomic E-state index is 13.0. The molecule has 0 aliphatic carbocycles. The third-order valence-electron chi connectivity index (χ3n) is 2.99. The van der Waals surface area contributed by atoms with Crippen LogP contribution in [0.2, 0.25) is 0 Å². The van der Waals surface area contributed by atoms with Crippen LogP contribution in [0.5, 0.6) is 0 Å². The van der Waals surface area contributed by atoms with E-state index in [0.717, 1.165) is 4.88 Å². The topological polar surface area (TPSA) is 49.4 Å². The van der Waals surface area contributed by atoms with Crippen molar-refractivity contribution in [3.05, 3.63) is 29.0 Å². The fourth-order valence-corrected chi connectivity index (χ4v) is 5.08. The maximum absolute atomic E-state index is 13.0. The number of hydrogen-bond acceptors (Lipinski definition) is 4. The summed E-state index contributed by atoms with van der Waals surface area (Å²) in [5, 5.41) is 5.11. The van der Waals surface area contributed by atoms with Crippen molar-refractivity contribution in [2.24, 2.45) is 0 Å². The highest BCUT2D eigenvalue weighted by atomic mass is 32.2. The Morgan fingerprint density at radius 2 is 2.05 bits per heavy atom. The summed E-state index contributed by atoms with van der Waals surface area (Å²) in [6.45, 7) is 14.3. The molecule has 0 spiro atoms. The summed E-state index contributed by atoms with van der Waals surface area (Å²) in [6, 6.07) is 2.01. The molecule has 0 unspecified atom stereocenters. The molecule has 0 aromatic carbocycles. The zero-order valence-electron chi connectivity index (χ0n) is 13.5. The molecule has 0 atom stereocenters. The molecule has 4 nitrogen and oxygen atoms in total. The second-order valence-corrected chi connectivity index (χ2v) is 9.07. The number of rotatable bonds is 7. The first-order chi connectivity index (χ1) is 9.60. The lowest BCUT2D eigenvalue weighted by atomic mass is 10.1. The Balaban J connectivity index is 3.17. The van der Waals surface area contributed by atoms with Gasteiger partial charge in [0.25, 0.3) is 0 Å². The fraction of sp³-hybridized carbons (Fsp3) is 0.600. The first kappa shape index (κ1) is 18.4. The van der Waals surface area contributed by atoms with Gasteiger partial charge in [-0.15, -0.1) is 17.9 Å². The lowest BCUT2D eigenvalue weighted by molar-refractivity contribution is 0.269. The lowest BCUT2D eigenvalue weighted by Gasteiger charge is -2.33. The minimum atomic E-state index is -3.52. The molecule has 1 aromatic rings. The van der Waals surface area contributed by atoms with Gasteiger partial charge < -0.3 is 5.32 Å². The van der Waals surface area contributed by atoms with E-state index in [-0.39, 0.29) is 0 Å². The standard InChI is InChI=1S/C15H26N2O2S2/c1-7-9-17(15(4,5)6)21(18,19)14-8-10-20-13(14)11-16-12(2)3/h7-8,10,12,16H,1,9,11H2,2-6H3. The molecular formula is C15H26N2O2S2. The first-order valence-electron chi connectivity index (χ1n) is 7.04. The van der Waals surface area contributed by atoms with Crippen LogP contribution in [-0.4, -0.2) is 30.8 Å². The third-order valence-corrected chi connectivity index (χ3v) is 6.25. The van der Waals surface area contributed by atoms with E-state index in [2.05, 4.69) is 11.9 Å². The maximum Gasteiger partial charge on any atom is 0.244 e. The van der Waals surface area contributed by atoms with Crippen molar-refractivity contribution < 1.29 is 8.42 Å². The van der Waals surface area contributed by atoms with Gasteiger partial charge in [0.15, 0.2) is 0 Å². The largest absolute Gasteiger partial charge is 0.310 e. The van der Waals surface area contributed by atoms with Crippen LogP contribution in [0.3, 0.4) is 0 Å². The van der Waals surface area contributed by atoms with Crippen molar-refractivity contribution in [1.29, 1.82) is 0 Å². The highest BCUT2D eigenvalue weighted by Gasteiger charge is 2.34. The molecule has 0 amide bonds. The summed E-state index contributed by atoms with van der Waals surface area (Å²) in [7, 11) is -3.52. The van der Waals surface area contributed by atoms with Gasteiger partial charge in [0, 0.05) is 29.5 Å². The van der Waals surface area contributed by atoms with E-state index >= 15 is 0 Å². The van der Waals surface area contributed by atoms with E-state index in [1.807, 2.05) is 40.0 Å². The minimum absolute atomic E-state index is 0.304. The number of nitrogens with one attached hydrogen (secondary N) is 1. The van der Waals surface area contributed by atoms with Gasteiger partial charge in [0.2, 0.25) is 10.0 Å². The summed E-state index contributed by atoms with van der Waals surface area (Å²) in [5.74, 6) is 0. The van der Waals surface area contributed by atoms with Crippen molar-refractivity contribution in [2.45, 2.75) is 57.6 Å². The molecule has 0 saturated heterocycles. The average Bonchev–Trinajstić information content (AvgIpc) is 2.80. The molecule has 21 heavy (non-hydrogen) atoms. The van der Waals surface area contributed by atoms with E-state index in [9.17, 15) is 8.42 Å². The van der Waals surface area contributed by atoms with E-state index in [1.165, 1.54) is 15.6 Å². The smallest absolute Gasteiger partial charge is 0.244 e. The van der Waals surface area contributed by atoms with E-state index in [4.69, 9.17) is 0 Å². The Morgan fingerprint density at radius 3 is 2.52 bits per heavy atom. The number of sulfonamides is 1. The lowest BCUT2D eigenvalue weighted by Crippen LogP contribution is -2.45. The Bertz CT molecular complexity index is 569. The van der Waals surface area contributed by atoms with Crippen molar-refractivity contribution >= 4 is 21.4 Å². The minimum Gasteiger partial charge on any atom is -0.310 e. The van der Waals surface area contributed by atoms with Crippen LogP contribution in [0.15, 0.2) is 29.0 Å².